The number of aromatic nitrogens is 1. The number of benzene rings is 1. The van der Waals surface area contributed by atoms with Gasteiger partial charge in [0.05, 0.1) is 22.4 Å². The van der Waals surface area contributed by atoms with Crippen LogP contribution < -0.4 is 4.80 Å². The Morgan fingerprint density at radius 3 is 2.88 bits per heavy atom. The van der Waals surface area contributed by atoms with Gasteiger partial charge in [0.15, 0.2) is 4.80 Å². The van der Waals surface area contributed by atoms with Gasteiger partial charge in [-0.2, -0.15) is 4.99 Å². The lowest BCUT2D eigenvalue weighted by molar-refractivity contribution is -0.122. The van der Waals surface area contributed by atoms with Gasteiger partial charge >= 0.3 is 0 Å². The van der Waals surface area contributed by atoms with Gasteiger partial charge in [-0.3, -0.25) is 4.79 Å². The average Bonchev–Trinajstić information content (AvgIpc) is 2.90. The van der Waals surface area contributed by atoms with Crippen LogP contribution in [0.1, 0.15) is 19.8 Å². The van der Waals surface area contributed by atoms with Gasteiger partial charge in [0, 0.05) is 24.7 Å². The van der Waals surface area contributed by atoms with Crippen molar-refractivity contribution in [2.45, 2.75) is 26.3 Å². The number of hydrogen-bond donors (Lipinski definition) is 0. The SMILES string of the molecule is CCn1c(=NC(=O)C2CCCN(S(C)(=O)=O)C2)sc2cc(Cl)ccc21. The molecule has 1 fully saturated rings. The van der Waals surface area contributed by atoms with Crippen LogP contribution in [0.5, 0.6) is 0 Å². The number of nitrogens with zero attached hydrogens (tertiary/aromatic N) is 3. The summed E-state index contributed by atoms with van der Waals surface area (Å²) in [6.07, 6.45) is 2.52. The van der Waals surface area contributed by atoms with Crippen molar-refractivity contribution in [3.05, 3.63) is 28.0 Å². The van der Waals surface area contributed by atoms with Crippen molar-refractivity contribution in [3.8, 4) is 0 Å². The summed E-state index contributed by atoms with van der Waals surface area (Å²) < 4.78 is 27.8. The predicted molar refractivity (Wildman–Crippen MR) is 100 cm³/mol. The molecule has 1 unspecified atom stereocenters. The molecule has 2 heterocycles. The number of piperidine rings is 1. The Morgan fingerprint density at radius 1 is 1.44 bits per heavy atom. The molecule has 1 aliphatic heterocycles. The van der Waals surface area contributed by atoms with E-state index in [0.717, 1.165) is 10.2 Å². The lowest BCUT2D eigenvalue weighted by Gasteiger charge is -2.28. The number of fused-ring (bicyclic) bond motifs is 1. The number of sulfonamides is 1. The maximum atomic E-state index is 12.6. The third-order valence-electron chi connectivity index (χ3n) is 4.37. The van der Waals surface area contributed by atoms with Gasteiger partial charge in [0.25, 0.3) is 5.91 Å². The number of carbonyl (C=O) groups is 1. The summed E-state index contributed by atoms with van der Waals surface area (Å²) >= 11 is 7.47. The molecule has 3 rings (SSSR count). The van der Waals surface area contributed by atoms with Gasteiger partial charge in [0.1, 0.15) is 0 Å². The van der Waals surface area contributed by atoms with E-state index in [2.05, 4.69) is 4.99 Å². The third-order valence-corrected chi connectivity index (χ3v) is 6.92. The van der Waals surface area contributed by atoms with Crippen LogP contribution in [0.15, 0.2) is 23.2 Å². The minimum absolute atomic E-state index is 0.212. The molecule has 1 atom stereocenters. The summed E-state index contributed by atoms with van der Waals surface area (Å²) in [6.45, 7) is 3.37. The van der Waals surface area contributed by atoms with E-state index >= 15 is 0 Å². The Hall–Kier alpha value is -1.22. The molecule has 9 heteroatoms. The number of hydrogen-bond acceptors (Lipinski definition) is 4. The molecule has 1 aliphatic rings. The zero-order valence-corrected chi connectivity index (χ0v) is 16.5. The number of halogens is 1. The summed E-state index contributed by atoms with van der Waals surface area (Å²) in [5.74, 6) is -0.643. The quantitative estimate of drug-likeness (QED) is 0.793. The first kappa shape index (κ1) is 18.6. The van der Waals surface area contributed by atoms with Gasteiger partial charge in [0.2, 0.25) is 10.0 Å². The van der Waals surface area contributed by atoms with E-state index in [4.69, 9.17) is 11.6 Å². The number of amides is 1. The van der Waals surface area contributed by atoms with Crippen LogP contribution in [-0.4, -0.2) is 42.5 Å². The van der Waals surface area contributed by atoms with E-state index in [-0.39, 0.29) is 18.4 Å². The molecule has 1 saturated heterocycles. The molecule has 25 heavy (non-hydrogen) atoms. The molecular weight excluding hydrogens is 382 g/mol. The summed E-state index contributed by atoms with van der Waals surface area (Å²) in [6, 6.07) is 5.61. The monoisotopic (exact) mass is 401 g/mol. The van der Waals surface area contributed by atoms with Crippen LogP contribution in [0.4, 0.5) is 0 Å². The zero-order chi connectivity index (χ0) is 18.2. The molecule has 0 saturated carbocycles. The van der Waals surface area contributed by atoms with Crippen molar-refractivity contribution in [1.82, 2.24) is 8.87 Å². The van der Waals surface area contributed by atoms with Gasteiger partial charge in [-0.1, -0.05) is 22.9 Å². The summed E-state index contributed by atoms with van der Waals surface area (Å²) in [7, 11) is -3.28. The maximum Gasteiger partial charge on any atom is 0.252 e. The highest BCUT2D eigenvalue weighted by Crippen LogP contribution is 2.23. The normalized spacial score (nSPS) is 20.3. The van der Waals surface area contributed by atoms with Crippen molar-refractivity contribution in [2.24, 2.45) is 10.9 Å². The Balaban J connectivity index is 1.94. The van der Waals surface area contributed by atoms with Crippen LogP contribution in [0.2, 0.25) is 5.02 Å². The van der Waals surface area contributed by atoms with Crippen molar-refractivity contribution >= 4 is 49.1 Å². The first-order valence-corrected chi connectivity index (χ1v) is 11.2. The standard InChI is InChI=1S/C16H20ClN3O3S2/c1-3-20-13-7-6-12(17)9-14(13)24-16(20)18-15(21)11-5-4-8-19(10-11)25(2,22)23/h6-7,9,11H,3-5,8,10H2,1-2H3. The fraction of sp³-hybridized carbons (Fsp3) is 0.500. The first-order valence-electron chi connectivity index (χ1n) is 8.12. The van der Waals surface area contributed by atoms with Gasteiger partial charge < -0.3 is 4.57 Å². The molecule has 136 valence electrons. The molecule has 6 nitrogen and oxygen atoms in total. The van der Waals surface area contributed by atoms with Crippen LogP contribution in [0.3, 0.4) is 0 Å². The zero-order valence-electron chi connectivity index (χ0n) is 14.1. The Morgan fingerprint density at radius 2 is 2.20 bits per heavy atom. The molecule has 0 radical (unpaired) electrons. The first-order chi connectivity index (χ1) is 11.8. The highest BCUT2D eigenvalue weighted by atomic mass is 35.5. The van der Waals surface area contributed by atoms with Crippen LogP contribution in [0.25, 0.3) is 10.2 Å². The lowest BCUT2D eigenvalue weighted by Crippen LogP contribution is -2.41. The van der Waals surface area contributed by atoms with Crippen LogP contribution >= 0.6 is 22.9 Å². The number of carbonyl (C=O) groups excluding carboxylic acids is 1. The van der Waals surface area contributed by atoms with Crippen molar-refractivity contribution in [3.63, 3.8) is 0 Å². The second kappa shape index (κ2) is 7.19. The highest BCUT2D eigenvalue weighted by molar-refractivity contribution is 7.88. The lowest BCUT2D eigenvalue weighted by atomic mass is 9.99. The smallest absolute Gasteiger partial charge is 0.252 e. The molecule has 1 aromatic carbocycles. The fourth-order valence-corrected chi connectivity index (χ4v) is 5.36. The molecule has 1 aromatic heterocycles. The molecule has 1 amide bonds. The van der Waals surface area contributed by atoms with Crippen molar-refractivity contribution in [2.75, 3.05) is 19.3 Å². The highest BCUT2D eigenvalue weighted by Gasteiger charge is 2.30. The van der Waals surface area contributed by atoms with E-state index in [1.165, 1.54) is 21.9 Å². The summed E-state index contributed by atoms with van der Waals surface area (Å²) in [4.78, 5) is 17.6. The second-order valence-electron chi connectivity index (χ2n) is 6.15. The molecule has 2 aromatic rings. The molecular formula is C16H20ClN3O3S2. The summed E-state index contributed by atoms with van der Waals surface area (Å²) in [5.41, 5.74) is 0.991. The Kier molecular flexibility index (Phi) is 5.34. The molecule has 0 bridgehead atoms. The van der Waals surface area contributed by atoms with Gasteiger partial charge in [-0.15, -0.1) is 0 Å². The second-order valence-corrected chi connectivity index (χ2v) is 9.58. The minimum atomic E-state index is -3.28. The molecule has 0 N–H and O–H groups in total. The third kappa shape index (κ3) is 3.97. The van der Waals surface area contributed by atoms with E-state index in [9.17, 15) is 13.2 Å². The van der Waals surface area contributed by atoms with Crippen molar-refractivity contribution < 1.29 is 13.2 Å². The van der Waals surface area contributed by atoms with Gasteiger partial charge in [-0.05, 0) is 38.0 Å². The fourth-order valence-electron chi connectivity index (χ4n) is 3.07. The molecule has 0 spiro atoms. The topological polar surface area (TPSA) is 71.7 Å². The summed E-state index contributed by atoms with van der Waals surface area (Å²) in [5, 5.41) is 0.644. The number of rotatable bonds is 3. The van der Waals surface area contributed by atoms with E-state index < -0.39 is 10.0 Å². The van der Waals surface area contributed by atoms with Gasteiger partial charge in [-0.25, -0.2) is 12.7 Å². The minimum Gasteiger partial charge on any atom is -0.317 e. The number of thiazole rings is 1. The van der Waals surface area contributed by atoms with Crippen molar-refractivity contribution in [1.29, 1.82) is 0 Å². The van der Waals surface area contributed by atoms with E-state index in [0.29, 0.717) is 35.8 Å². The van der Waals surface area contributed by atoms with E-state index in [1.807, 2.05) is 29.7 Å². The maximum absolute atomic E-state index is 12.6. The average molecular weight is 402 g/mol. The van der Waals surface area contributed by atoms with Crippen LogP contribution in [0, 0.1) is 5.92 Å². The van der Waals surface area contributed by atoms with Crippen LogP contribution in [-0.2, 0) is 21.4 Å². The Bertz CT molecular complexity index is 978. The number of aryl methyl sites for hydroxylation is 1. The van der Waals surface area contributed by atoms with E-state index in [1.54, 1.807) is 0 Å². The predicted octanol–water partition coefficient (Wildman–Crippen LogP) is 2.48. The molecule has 0 aliphatic carbocycles. The largest absolute Gasteiger partial charge is 0.317 e. The Labute approximate surface area is 155 Å².